The minimum Gasteiger partial charge on any atom is -0.478 e. The first-order chi connectivity index (χ1) is 13.8. The highest BCUT2D eigenvalue weighted by Gasteiger charge is 2.31. The Labute approximate surface area is 171 Å². The Balaban J connectivity index is 2.16. The number of carbonyl (C=O) groups is 2. The third kappa shape index (κ3) is 6.10. The van der Waals surface area contributed by atoms with Crippen LogP contribution >= 0.6 is 0 Å². The van der Waals surface area contributed by atoms with Crippen molar-refractivity contribution in [1.82, 2.24) is 0 Å². The number of ketones is 1. The van der Waals surface area contributed by atoms with Crippen molar-refractivity contribution in [2.24, 2.45) is 0 Å². The van der Waals surface area contributed by atoms with E-state index in [1.807, 2.05) is 0 Å². The van der Waals surface area contributed by atoms with Crippen molar-refractivity contribution in [3.8, 4) is 11.5 Å². The zero-order valence-corrected chi connectivity index (χ0v) is 16.8. The average molecular weight is 422 g/mol. The molecule has 30 heavy (non-hydrogen) atoms. The minimum atomic E-state index is -4.79. The maximum absolute atomic E-state index is 12.3. The highest BCUT2D eigenvalue weighted by atomic mass is 19.4. The van der Waals surface area contributed by atoms with Crippen molar-refractivity contribution in [3.63, 3.8) is 0 Å². The van der Waals surface area contributed by atoms with E-state index in [4.69, 9.17) is 4.74 Å². The van der Waals surface area contributed by atoms with Gasteiger partial charge in [-0.3, -0.25) is 4.79 Å². The molecule has 0 aliphatic carbocycles. The number of carbonyl (C=O) groups excluding carboxylic acids is 1. The summed E-state index contributed by atoms with van der Waals surface area (Å²) in [6, 6.07) is 8.11. The first-order valence-electron chi connectivity index (χ1n) is 8.90. The first kappa shape index (κ1) is 23.0. The fourth-order valence-corrected chi connectivity index (χ4v) is 2.63. The lowest BCUT2D eigenvalue weighted by atomic mass is 10.0. The molecule has 0 fully saturated rings. The number of halogens is 3. The van der Waals surface area contributed by atoms with Gasteiger partial charge in [-0.15, -0.1) is 13.2 Å². The maximum Gasteiger partial charge on any atom is 0.573 e. The van der Waals surface area contributed by atoms with Gasteiger partial charge in [0.2, 0.25) is 0 Å². The van der Waals surface area contributed by atoms with Crippen molar-refractivity contribution >= 4 is 17.8 Å². The van der Waals surface area contributed by atoms with E-state index in [0.29, 0.717) is 22.4 Å². The molecular weight excluding hydrogens is 401 g/mol. The van der Waals surface area contributed by atoms with Crippen molar-refractivity contribution in [1.29, 1.82) is 0 Å². The number of hydrogen-bond acceptors (Lipinski definition) is 4. The first-order valence-corrected chi connectivity index (χ1v) is 8.90. The van der Waals surface area contributed by atoms with Gasteiger partial charge >= 0.3 is 12.3 Å². The number of aliphatic carboxylic acids is 1. The summed E-state index contributed by atoms with van der Waals surface area (Å²) in [5.74, 6) is -1.45. The second kappa shape index (κ2) is 8.61. The van der Waals surface area contributed by atoms with Crippen LogP contribution in [0.5, 0.6) is 11.5 Å². The van der Waals surface area contributed by atoms with Crippen LogP contribution in [0.3, 0.4) is 0 Å². The van der Waals surface area contributed by atoms with Crippen molar-refractivity contribution in [2.45, 2.75) is 39.7 Å². The predicted molar refractivity (Wildman–Crippen MR) is 105 cm³/mol. The molecule has 0 saturated carbocycles. The summed E-state index contributed by atoms with van der Waals surface area (Å²) in [4.78, 5) is 23.6. The zero-order valence-electron chi connectivity index (χ0n) is 16.8. The Kier molecular flexibility index (Phi) is 6.60. The fraction of sp³-hybridized carbons (Fsp3) is 0.273. The number of alkyl halides is 3. The molecule has 0 aromatic heterocycles. The van der Waals surface area contributed by atoms with E-state index in [1.165, 1.54) is 32.1 Å². The van der Waals surface area contributed by atoms with Crippen LogP contribution in [0.4, 0.5) is 13.2 Å². The molecule has 0 unspecified atom stereocenters. The molecule has 2 aromatic rings. The van der Waals surface area contributed by atoms with Gasteiger partial charge in [0.25, 0.3) is 0 Å². The van der Waals surface area contributed by atoms with Gasteiger partial charge in [0.15, 0.2) is 11.4 Å². The van der Waals surface area contributed by atoms with Gasteiger partial charge in [0.1, 0.15) is 11.5 Å². The predicted octanol–water partition coefficient (Wildman–Crippen LogP) is 5.34. The topological polar surface area (TPSA) is 72.8 Å². The van der Waals surface area contributed by atoms with Crippen LogP contribution < -0.4 is 9.47 Å². The molecule has 0 aliphatic heterocycles. The van der Waals surface area contributed by atoms with Gasteiger partial charge in [0.05, 0.1) is 0 Å². The molecule has 0 heterocycles. The van der Waals surface area contributed by atoms with Gasteiger partial charge in [-0.25, -0.2) is 4.79 Å². The quantitative estimate of drug-likeness (QED) is 0.482. The normalized spacial score (nSPS) is 12.1. The number of aryl methyl sites for hydroxylation is 2. The molecule has 5 nitrogen and oxygen atoms in total. The van der Waals surface area contributed by atoms with Crippen LogP contribution in [0.1, 0.15) is 40.9 Å². The average Bonchev–Trinajstić information content (AvgIpc) is 2.62. The Morgan fingerprint density at radius 3 is 1.97 bits per heavy atom. The molecule has 0 aliphatic rings. The summed E-state index contributed by atoms with van der Waals surface area (Å²) in [6.07, 6.45) is -1.93. The van der Waals surface area contributed by atoms with Gasteiger partial charge in [0, 0.05) is 5.56 Å². The molecule has 2 aromatic carbocycles. The second-order valence-electron chi connectivity index (χ2n) is 7.17. The molecule has 0 amide bonds. The number of rotatable bonds is 7. The van der Waals surface area contributed by atoms with Crippen molar-refractivity contribution in [2.75, 3.05) is 0 Å². The lowest BCUT2D eigenvalue weighted by Gasteiger charge is -2.24. The summed E-state index contributed by atoms with van der Waals surface area (Å²) >= 11 is 0. The highest BCUT2D eigenvalue weighted by Crippen LogP contribution is 2.29. The second-order valence-corrected chi connectivity index (χ2v) is 7.17. The molecular formula is C22H21F3O5. The zero-order chi connectivity index (χ0) is 22.7. The summed E-state index contributed by atoms with van der Waals surface area (Å²) in [7, 11) is 0. The number of allylic oxidation sites excluding steroid dienone is 1. The molecule has 0 bridgehead atoms. The molecule has 0 spiro atoms. The van der Waals surface area contributed by atoms with E-state index in [0.717, 1.165) is 12.1 Å². The third-order valence-electron chi connectivity index (χ3n) is 4.15. The van der Waals surface area contributed by atoms with E-state index < -0.39 is 29.5 Å². The number of carboxylic acids is 1. The summed E-state index contributed by atoms with van der Waals surface area (Å²) < 4.78 is 46.0. The molecule has 8 heteroatoms. The molecule has 0 saturated heterocycles. The van der Waals surface area contributed by atoms with Crippen LogP contribution in [-0.4, -0.2) is 28.8 Å². The van der Waals surface area contributed by atoms with Crippen molar-refractivity contribution in [3.05, 3.63) is 64.7 Å². The standard InChI is InChI=1S/C22H21F3O5/c1-13-11-15(12-14(2)19(13)30-21(3,4)20(27)28)5-10-18(26)16-6-8-17(9-7-16)29-22(23,24)25/h5-12H,1-4H3,(H,27,28)/b10-5+. The number of carboxylic acid groups (broad SMARTS) is 1. The van der Waals surface area contributed by atoms with Gasteiger partial charge in [-0.1, -0.05) is 6.08 Å². The van der Waals surface area contributed by atoms with Crippen molar-refractivity contribution < 1.29 is 37.3 Å². The molecule has 0 radical (unpaired) electrons. The Morgan fingerprint density at radius 1 is 0.967 bits per heavy atom. The monoisotopic (exact) mass is 422 g/mol. The Morgan fingerprint density at radius 2 is 1.50 bits per heavy atom. The lowest BCUT2D eigenvalue weighted by Crippen LogP contribution is -2.38. The number of ether oxygens (including phenoxy) is 2. The molecule has 0 atom stereocenters. The highest BCUT2D eigenvalue weighted by molar-refractivity contribution is 6.06. The van der Waals surface area contributed by atoms with E-state index in [9.17, 15) is 27.9 Å². The van der Waals surface area contributed by atoms with E-state index in [1.54, 1.807) is 32.1 Å². The maximum atomic E-state index is 12.3. The molecule has 160 valence electrons. The summed E-state index contributed by atoms with van der Waals surface area (Å²) in [5, 5.41) is 9.23. The van der Waals surface area contributed by atoms with E-state index in [-0.39, 0.29) is 5.56 Å². The fourth-order valence-electron chi connectivity index (χ4n) is 2.63. The largest absolute Gasteiger partial charge is 0.573 e. The molecule has 2 rings (SSSR count). The van der Waals surface area contributed by atoms with E-state index in [2.05, 4.69) is 4.74 Å². The molecule has 1 N–H and O–H groups in total. The van der Waals surface area contributed by atoms with E-state index >= 15 is 0 Å². The van der Waals surface area contributed by atoms with Gasteiger partial charge in [-0.05, 0) is 86.9 Å². The van der Waals surface area contributed by atoms with Crippen LogP contribution in [0.15, 0.2) is 42.5 Å². The van der Waals surface area contributed by atoms with Crippen LogP contribution in [0.25, 0.3) is 6.08 Å². The summed E-state index contributed by atoms with van der Waals surface area (Å²) in [6.45, 7) is 6.43. The van der Waals surface area contributed by atoms with Crippen LogP contribution in [0, 0.1) is 13.8 Å². The minimum absolute atomic E-state index is 0.206. The SMILES string of the molecule is Cc1cc(/C=C/C(=O)c2ccc(OC(F)(F)F)cc2)cc(C)c1OC(C)(C)C(=O)O. The summed E-state index contributed by atoms with van der Waals surface area (Å²) in [5.41, 5.74) is 0.897. The van der Waals surface area contributed by atoms with Gasteiger partial charge in [-0.2, -0.15) is 0 Å². The number of benzene rings is 2. The van der Waals surface area contributed by atoms with Gasteiger partial charge < -0.3 is 14.6 Å². The lowest BCUT2D eigenvalue weighted by molar-refractivity contribution is -0.274. The van der Waals surface area contributed by atoms with Crippen LogP contribution in [-0.2, 0) is 4.79 Å². The van der Waals surface area contributed by atoms with Crippen LogP contribution in [0.2, 0.25) is 0 Å². The third-order valence-corrected chi connectivity index (χ3v) is 4.15. The smallest absolute Gasteiger partial charge is 0.478 e. The number of hydrogen-bond donors (Lipinski definition) is 1. The Bertz CT molecular complexity index is 950. The Hall–Kier alpha value is -3.29.